The summed E-state index contributed by atoms with van der Waals surface area (Å²) in [4.78, 5) is 8.47. The molecule has 2 rings (SSSR count). The molecule has 0 unspecified atom stereocenters. The first-order valence-corrected chi connectivity index (χ1v) is 4.78. The van der Waals surface area contributed by atoms with Crippen LogP contribution in [0.1, 0.15) is 25.2 Å². The van der Waals surface area contributed by atoms with E-state index in [0.29, 0.717) is 11.5 Å². The Labute approximate surface area is 82.1 Å². The first kappa shape index (κ1) is 8.99. The van der Waals surface area contributed by atoms with Gasteiger partial charge >= 0.3 is 0 Å². The lowest BCUT2D eigenvalue weighted by atomic mass is 10.2. The second-order valence-corrected chi connectivity index (χ2v) is 3.17. The molecule has 0 fully saturated rings. The molecule has 2 heterocycles. The van der Waals surface area contributed by atoms with E-state index in [9.17, 15) is 0 Å². The summed E-state index contributed by atoms with van der Waals surface area (Å²) in [6, 6.07) is 0. The maximum Gasteiger partial charge on any atom is 0.231 e. The molecule has 4 heteroatoms. The first-order chi connectivity index (χ1) is 6.76. The van der Waals surface area contributed by atoms with Gasteiger partial charge in [-0.1, -0.05) is 13.8 Å². The summed E-state index contributed by atoms with van der Waals surface area (Å²) < 4.78 is 5.33. The molecule has 2 N–H and O–H groups in total. The molecule has 0 bridgehead atoms. The van der Waals surface area contributed by atoms with E-state index in [4.69, 9.17) is 10.2 Å². The smallest absolute Gasteiger partial charge is 0.231 e. The Morgan fingerprint density at radius 2 is 2.07 bits per heavy atom. The van der Waals surface area contributed by atoms with Crippen molar-refractivity contribution in [3.63, 3.8) is 0 Å². The van der Waals surface area contributed by atoms with Crippen molar-refractivity contribution < 1.29 is 4.42 Å². The van der Waals surface area contributed by atoms with E-state index in [1.165, 1.54) is 0 Å². The van der Waals surface area contributed by atoms with Gasteiger partial charge in [0.1, 0.15) is 11.6 Å². The molecule has 2 aromatic rings. The molecule has 0 aromatic carbocycles. The summed E-state index contributed by atoms with van der Waals surface area (Å²) >= 11 is 0. The number of aromatic nitrogens is 2. The molecule has 14 heavy (non-hydrogen) atoms. The van der Waals surface area contributed by atoms with Gasteiger partial charge in [-0.15, -0.1) is 0 Å². The minimum absolute atomic E-state index is 0.525. The van der Waals surface area contributed by atoms with Gasteiger partial charge in [0.2, 0.25) is 5.71 Å². The van der Waals surface area contributed by atoms with Crippen LogP contribution in [0.3, 0.4) is 0 Å². The molecule has 2 aromatic heterocycles. The molecule has 0 aliphatic rings. The monoisotopic (exact) mass is 191 g/mol. The number of nitrogen functional groups attached to an aromatic ring is 1. The third-order valence-corrected chi connectivity index (χ3v) is 2.28. The van der Waals surface area contributed by atoms with Crippen LogP contribution in [0.4, 0.5) is 5.82 Å². The van der Waals surface area contributed by atoms with Crippen molar-refractivity contribution >= 4 is 16.9 Å². The Morgan fingerprint density at radius 1 is 1.29 bits per heavy atom. The van der Waals surface area contributed by atoms with Gasteiger partial charge in [-0.2, -0.15) is 4.98 Å². The third-order valence-electron chi connectivity index (χ3n) is 2.28. The summed E-state index contributed by atoms with van der Waals surface area (Å²) in [5.41, 5.74) is 7.51. The van der Waals surface area contributed by atoms with Crippen LogP contribution in [0.2, 0.25) is 0 Å². The normalized spacial score (nSPS) is 11.0. The van der Waals surface area contributed by atoms with E-state index in [1.54, 1.807) is 6.26 Å². The SMILES string of the molecule is CCc1nc(N)c2c(CC)coc2n1. The Balaban J connectivity index is 2.72. The van der Waals surface area contributed by atoms with Crippen LogP contribution in [0.5, 0.6) is 0 Å². The van der Waals surface area contributed by atoms with Crippen molar-refractivity contribution in [2.45, 2.75) is 26.7 Å². The van der Waals surface area contributed by atoms with Crippen LogP contribution in [-0.4, -0.2) is 9.97 Å². The van der Waals surface area contributed by atoms with Crippen LogP contribution >= 0.6 is 0 Å². The van der Waals surface area contributed by atoms with E-state index in [1.807, 2.05) is 6.92 Å². The highest BCUT2D eigenvalue weighted by atomic mass is 16.3. The lowest BCUT2D eigenvalue weighted by Crippen LogP contribution is -1.99. The van der Waals surface area contributed by atoms with Crippen LogP contribution in [0, 0.1) is 0 Å². The van der Waals surface area contributed by atoms with Crippen molar-refractivity contribution in [1.29, 1.82) is 0 Å². The maximum absolute atomic E-state index is 5.84. The fourth-order valence-corrected chi connectivity index (χ4v) is 1.49. The van der Waals surface area contributed by atoms with Crippen molar-refractivity contribution in [1.82, 2.24) is 9.97 Å². The molecule has 4 nitrogen and oxygen atoms in total. The zero-order chi connectivity index (χ0) is 10.1. The molecule has 0 radical (unpaired) electrons. The average molecular weight is 191 g/mol. The quantitative estimate of drug-likeness (QED) is 0.787. The number of hydrogen-bond donors (Lipinski definition) is 1. The Kier molecular flexibility index (Phi) is 2.11. The average Bonchev–Trinajstić information content (AvgIpc) is 2.61. The minimum atomic E-state index is 0.525. The van der Waals surface area contributed by atoms with Crippen LogP contribution in [0.15, 0.2) is 10.7 Å². The summed E-state index contributed by atoms with van der Waals surface area (Å²) in [5, 5.41) is 0.865. The van der Waals surface area contributed by atoms with Crippen molar-refractivity contribution in [2.24, 2.45) is 0 Å². The van der Waals surface area contributed by atoms with Gasteiger partial charge in [0.25, 0.3) is 0 Å². The number of nitrogens with two attached hydrogens (primary N) is 1. The maximum atomic E-state index is 5.84. The number of hydrogen-bond acceptors (Lipinski definition) is 4. The molecular weight excluding hydrogens is 178 g/mol. The van der Waals surface area contributed by atoms with Gasteiger partial charge < -0.3 is 10.2 Å². The van der Waals surface area contributed by atoms with E-state index >= 15 is 0 Å². The van der Waals surface area contributed by atoms with Crippen molar-refractivity contribution in [2.75, 3.05) is 5.73 Å². The number of anilines is 1. The topological polar surface area (TPSA) is 64.9 Å². The summed E-state index contributed by atoms with van der Waals surface area (Å²) in [5.74, 6) is 1.25. The molecule has 0 saturated carbocycles. The summed E-state index contributed by atoms with van der Waals surface area (Å²) in [6.07, 6.45) is 3.35. The lowest BCUT2D eigenvalue weighted by Gasteiger charge is -1.99. The van der Waals surface area contributed by atoms with Gasteiger partial charge in [-0.3, -0.25) is 0 Å². The molecule has 0 amide bonds. The van der Waals surface area contributed by atoms with Gasteiger partial charge in [0.15, 0.2) is 0 Å². The zero-order valence-corrected chi connectivity index (χ0v) is 8.37. The molecular formula is C10H13N3O. The van der Waals surface area contributed by atoms with Gasteiger partial charge in [0, 0.05) is 12.0 Å². The lowest BCUT2D eigenvalue weighted by molar-refractivity contribution is 0.596. The molecule has 0 atom stereocenters. The number of nitrogens with zero attached hydrogens (tertiary/aromatic N) is 2. The Bertz CT molecular complexity index is 462. The second-order valence-electron chi connectivity index (χ2n) is 3.17. The van der Waals surface area contributed by atoms with Crippen molar-refractivity contribution in [3.05, 3.63) is 17.7 Å². The Hall–Kier alpha value is -1.58. The number of aryl methyl sites for hydroxylation is 2. The van der Waals surface area contributed by atoms with Crippen LogP contribution < -0.4 is 5.73 Å². The highest BCUT2D eigenvalue weighted by Gasteiger charge is 2.11. The highest BCUT2D eigenvalue weighted by Crippen LogP contribution is 2.24. The standard InChI is InChI=1S/C10H13N3O/c1-3-6-5-14-10-8(6)9(11)12-7(4-2)13-10/h5H,3-4H2,1-2H3,(H2,11,12,13). The van der Waals surface area contributed by atoms with Gasteiger partial charge in [0.05, 0.1) is 11.6 Å². The predicted octanol–water partition coefficient (Wildman–Crippen LogP) is 1.93. The number of furan rings is 1. The van der Waals surface area contributed by atoms with Gasteiger partial charge in [-0.05, 0) is 6.42 Å². The summed E-state index contributed by atoms with van der Waals surface area (Å²) in [6.45, 7) is 4.04. The molecule has 0 spiro atoms. The van der Waals surface area contributed by atoms with Gasteiger partial charge in [-0.25, -0.2) is 4.98 Å². The highest BCUT2D eigenvalue weighted by molar-refractivity contribution is 5.87. The van der Waals surface area contributed by atoms with E-state index < -0.39 is 0 Å². The first-order valence-electron chi connectivity index (χ1n) is 4.78. The van der Waals surface area contributed by atoms with Crippen LogP contribution in [-0.2, 0) is 12.8 Å². The van der Waals surface area contributed by atoms with Crippen molar-refractivity contribution in [3.8, 4) is 0 Å². The third kappa shape index (κ3) is 1.23. The van der Waals surface area contributed by atoms with E-state index in [2.05, 4.69) is 16.9 Å². The molecule has 0 saturated heterocycles. The zero-order valence-electron chi connectivity index (χ0n) is 8.37. The molecule has 0 aliphatic carbocycles. The minimum Gasteiger partial charge on any atom is -0.446 e. The molecule has 0 aliphatic heterocycles. The number of fused-ring (bicyclic) bond motifs is 1. The molecule has 74 valence electrons. The Morgan fingerprint density at radius 3 is 2.71 bits per heavy atom. The summed E-state index contributed by atoms with van der Waals surface area (Å²) in [7, 11) is 0. The predicted molar refractivity (Wildman–Crippen MR) is 55.0 cm³/mol. The second kappa shape index (κ2) is 3.29. The fraction of sp³-hybridized carbons (Fsp3) is 0.400. The number of rotatable bonds is 2. The van der Waals surface area contributed by atoms with Crippen LogP contribution in [0.25, 0.3) is 11.1 Å². The fourth-order valence-electron chi connectivity index (χ4n) is 1.49. The largest absolute Gasteiger partial charge is 0.446 e. The van der Waals surface area contributed by atoms with E-state index in [-0.39, 0.29) is 0 Å². The van der Waals surface area contributed by atoms with E-state index in [0.717, 1.165) is 29.6 Å².